The molecule has 0 bridgehead atoms. The Morgan fingerprint density at radius 2 is 1.66 bits per heavy atom. The van der Waals surface area contributed by atoms with Crippen molar-refractivity contribution in [3.05, 3.63) is 95.6 Å². The van der Waals surface area contributed by atoms with E-state index in [9.17, 15) is 14.4 Å². The minimum absolute atomic E-state index is 0.253. The molecule has 158 valence electrons. The van der Waals surface area contributed by atoms with E-state index in [1.54, 1.807) is 36.4 Å². The van der Waals surface area contributed by atoms with Gasteiger partial charge in [-0.2, -0.15) is 5.26 Å². The smallest absolute Gasteiger partial charge is 0.426 e. The molecular formula is C24H17N3O5. The number of hydrazine groups is 1. The highest BCUT2D eigenvalue weighted by atomic mass is 16.6. The molecule has 0 aromatic heterocycles. The molecule has 1 fully saturated rings. The lowest BCUT2D eigenvalue weighted by atomic mass is 9.95. The van der Waals surface area contributed by atoms with Gasteiger partial charge in [-0.25, -0.2) is 9.59 Å². The topological polar surface area (TPSA) is 109 Å². The van der Waals surface area contributed by atoms with Gasteiger partial charge in [0.05, 0.1) is 22.9 Å². The van der Waals surface area contributed by atoms with Gasteiger partial charge < -0.3 is 9.47 Å². The van der Waals surface area contributed by atoms with Gasteiger partial charge in [0.2, 0.25) is 5.60 Å². The molecular weight excluding hydrogens is 410 g/mol. The minimum atomic E-state index is -1.53. The van der Waals surface area contributed by atoms with Crippen LogP contribution in [0.4, 0.5) is 10.5 Å². The molecule has 0 spiro atoms. The second-order valence-electron chi connectivity index (χ2n) is 7.12. The van der Waals surface area contributed by atoms with Gasteiger partial charge in [0.15, 0.2) is 0 Å². The molecule has 32 heavy (non-hydrogen) atoms. The molecule has 2 amide bonds. The number of nitrogens with zero attached hydrogens (tertiary/aromatic N) is 2. The molecule has 3 aromatic rings. The van der Waals surface area contributed by atoms with Crippen molar-refractivity contribution >= 4 is 23.7 Å². The number of anilines is 1. The van der Waals surface area contributed by atoms with Crippen molar-refractivity contribution in [3.63, 3.8) is 0 Å². The Balaban J connectivity index is 1.48. The van der Waals surface area contributed by atoms with E-state index in [-0.39, 0.29) is 5.75 Å². The number of nitrogens with one attached hydrogen (secondary N) is 1. The lowest BCUT2D eigenvalue weighted by Crippen LogP contribution is -2.40. The summed E-state index contributed by atoms with van der Waals surface area (Å²) in [5, 5.41) is 9.66. The van der Waals surface area contributed by atoms with Crippen LogP contribution in [-0.2, 0) is 15.1 Å². The fourth-order valence-corrected chi connectivity index (χ4v) is 3.17. The molecule has 1 saturated heterocycles. The molecule has 0 radical (unpaired) electrons. The summed E-state index contributed by atoms with van der Waals surface area (Å²) in [6.45, 7) is 1.50. The van der Waals surface area contributed by atoms with Gasteiger partial charge in [0.1, 0.15) is 5.75 Å². The Hall–Kier alpha value is -4.64. The van der Waals surface area contributed by atoms with Crippen LogP contribution < -0.4 is 10.2 Å². The van der Waals surface area contributed by atoms with Crippen LogP contribution >= 0.6 is 0 Å². The van der Waals surface area contributed by atoms with Crippen LogP contribution in [0, 0.1) is 11.3 Å². The summed E-state index contributed by atoms with van der Waals surface area (Å²) in [5.41, 5.74) is 2.93. The van der Waals surface area contributed by atoms with E-state index in [1.807, 2.05) is 12.1 Å². The molecule has 3 aromatic carbocycles. The van der Waals surface area contributed by atoms with Crippen LogP contribution in [0.1, 0.15) is 28.4 Å². The number of carbonyl (C=O) groups excluding carboxylic acids is 3. The average Bonchev–Trinajstić information content (AvgIpc) is 3.04. The third kappa shape index (κ3) is 3.87. The van der Waals surface area contributed by atoms with E-state index in [4.69, 9.17) is 14.7 Å². The Bertz CT molecular complexity index is 1220. The Labute approximate surface area is 183 Å². The molecule has 1 aliphatic rings. The molecule has 1 unspecified atom stereocenters. The lowest BCUT2D eigenvalue weighted by Gasteiger charge is -2.20. The lowest BCUT2D eigenvalue weighted by molar-refractivity contribution is -0.135. The van der Waals surface area contributed by atoms with Crippen LogP contribution in [0.5, 0.6) is 5.75 Å². The van der Waals surface area contributed by atoms with E-state index in [1.165, 1.54) is 43.3 Å². The third-order valence-electron chi connectivity index (χ3n) is 4.97. The number of benzene rings is 3. The van der Waals surface area contributed by atoms with E-state index < -0.39 is 23.6 Å². The third-order valence-corrected chi connectivity index (χ3v) is 4.97. The number of amides is 2. The zero-order chi connectivity index (χ0) is 22.7. The average molecular weight is 427 g/mol. The highest BCUT2D eigenvalue weighted by Gasteiger charge is 2.52. The molecule has 0 saturated carbocycles. The van der Waals surface area contributed by atoms with Gasteiger partial charge in [-0.15, -0.1) is 5.01 Å². The fourth-order valence-electron chi connectivity index (χ4n) is 3.17. The Kier molecular flexibility index (Phi) is 5.31. The first-order valence-corrected chi connectivity index (χ1v) is 9.63. The van der Waals surface area contributed by atoms with Crippen LogP contribution in [-0.4, -0.2) is 23.0 Å². The van der Waals surface area contributed by atoms with Gasteiger partial charge in [-0.05, 0) is 55.5 Å². The minimum Gasteiger partial charge on any atom is -0.426 e. The number of imide groups is 1. The van der Waals surface area contributed by atoms with Crippen molar-refractivity contribution in [2.75, 3.05) is 5.43 Å². The predicted octanol–water partition coefficient (Wildman–Crippen LogP) is 4.00. The van der Waals surface area contributed by atoms with E-state index in [0.29, 0.717) is 22.4 Å². The molecule has 1 aliphatic heterocycles. The largest absolute Gasteiger partial charge is 0.437 e. The second kappa shape index (κ2) is 8.24. The second-order valence-corrected chi connectivity index (χ2v) is 7.12. The maximum atomic E-state index is 13.0. The van der Waals surface area contributed by atoms with Gasteiger partial charge in [-0.3, -0.25) is 10.2 Å². The van der Waals surface area contributed by atoms with Crippen molar-refractivity contribution < 1.29 is 23.9 Å². The summed E-state index contributed by atoms with van der Waals surface area (Å²) >= 11 is 0. The van der Waals surface area contributed by atoms with Gasteiger partial charge in [0, 0.05) is 5.56 Å². The van der Waals surface area contributed by atoms with Crippen molar-refractivity contribution in [2.45, 2.75) is 12.5 Å². The van der Waals surface area contributed by atoms with Crippen molar-refractivity contribution in [3.8, 4) is 11.8 Å². The first-order valence-electron chi connectivity index (χ1n) is 9.63. The van der Waals surface area contributed by atoms with E-state index in [0.717, 1.165) is 5.01 Å². The SMILES string of the molecule is CC1(c2ccc(OC(=O)c3ccc(C#N)cc3)cc2)OC(=O)N(Nc2ccccc2)C1=O. The highest BCUT2D eigenvalue weighted by Crippen LogP contribution is 2.35. The van der Waals surface area contributed by atoms with Crippen molar-refractivity contribution in [1.29, 1.82) is 5.26 Å². The number of hydrogen-bond acceptors (Lipinski definition) is 7. The zero-order valence-electron chi connectivity index (χ0n) is 16.9. The standard InChI is InChI=1S/C24H17N3O5/c1-24(22(29)27(23(30)32-24)26-19-5-3-2-4-6-19)18-11-13-20(14-12-18)31-21(28)17-9-7-16(15-25)8-10-17/h2-14,26H,1H3. The summed E-state index contributed by atoms with van der Waals surface area (Å²) in [5.74, 6) is -0.911. The predicted molar refractivity (Wildman–Crippen MR) is 113 cm³/mol. The zero-order valence-corrected chi connectivity index (χ0v) is 16.9. The Morgan fingerprint density at radius 3 is 2.28 bits per heavy atom. The maximum absolute atomic E-state index is 13.0. The molecule has 0 aliphatic carbocycles. The molecule has 8 heteroatoms. The Morgan fingerprint density at radius 1 is 1.00 bits per heavy atom. The number of para-hydroxylation sites is 1. The number of ether oxygens (including phenoxy) is 2. The number of rotatable bonds is 5. The highest BCUT2D eigenvalue weighted by molar-refractivity contribution is 6.04. The van der Waals surface area contributed by atoms with Crippen LogP contribution in [0.3, 0.4) is 0 Å². The number of carbonyl (C=O) groups is 3. The van der Waals surface area contributed by atoms with E-state index >= 15 is 0 Å². The number of esters is 1. The summed E-state index contributed by atoms with van der Waals surface area (Å²) in [6, 6.07) is 22.9. The molecule has 1 atom stereocenters. The molecule has 1 heterocycles. The summed E-state index contributed by atoms with van der Waals surface area (Å²) in [6.07, 6.45) is -0.822. The van der Waals surface area contributed by atoms with Crippen LogP contribution in [0.2, 0.25) is 0 Å². The van der Waals surface area contributed by atoms with Crippen molar-refractivity contribution in [2.24, 2.45) is 0 Å². The first-order chi connectivity index (χ1) is 15.4. The first kappa shape index (κ1) is 20.6. The normalized spacial score (nSPS) is 17.4. The number of cyclic esters (lactones) is 1. The fraction of sp³-hybridized carbons (Fsp3) is 0.0833. The summed E-state index contributed by atoms with van der Waals surface area (Å²) in [4.78, 5) is 37.6. The number of hydrogen-bond donors (Lipinski definition) is 1. The quantitative estimate of drug-likeness (QED) is 0.484. The van der Waals surface area contributed by atoms with Gasteiger partial charge in [0.25, 0.3) is 5.91 Å². The van der Waals surface area contributed by atoms with Gasteiger partial charge >= 0.3 is 12.1 Å². The molecule has 4 rings (SSSR count). The van der Waals surface area contributed by atoms with Crippen LogP contribution in [0.15, 0.2) is 78.9 Å². The van der Waals surface area contributed by atoms with E-state index in [2.05, 4.69) is 5.43 Å². The molecule has 8 nitrogen and oxygen atoms in total. The van der Waals surface area contributed by atoms with Crippen LogP contribution in [0.25, 0.3) is 0 Å². The maximum Gasteiger partial charge on any atom is 0.437 e. The van der Waals surface area contributed by atoms with Crippen molar-refractivity contribution in [1.82, 2.24) is 5.01 Å². The molecule has 1 N–H and O–H groups in total. The summed E-state index contributed by atoms with van der Waals surface area (Å²) in [7, 11) is 0. The van der Waals surface area contributed by atoms with Gasteiger partial charge in [-0.1, -0.05) is 30.3 Å². The number of nitriles is 1. The monoisotopic (exact) mass is 427 g/mol. The summed E-state index contributed by atoms with van der Waals surface area (Å²) < 4.78 is 10.7.